The number of rotatable bonds is 8. The molecule has 2 aromatic carbocycles. The molecule has 0 radical (unpaired) electrons. The second kappa shape index (κ2) is 9.54. The molecule has 0 N–H and O–H groups in total. The Morgan fingerprint density at radius 1 is 0.967 bits per heavy atom. The zero-order valence-corrected chi connectivity index (χ0v) is 18.5. The lowest BCUT2D eigenvalue weighted by Gasteiger charge is -2.37. The fraction of sp³-hybridized carbons (Fsp3) is 0.440. The highest BCUT2D eigenvalue weighted by Crippen LogP contribution is 2.29. The van der Waals surface area contributed by atoms with Crippen LogP contribution in [0.25, 0.3) is 0 Å². The minimum absolute atomic E-state index is 0.0102. The van der Waals surface area contributed by atoms with Crippen molar-refractivity contribution in [2.45, 2.75) is 32.2 Å². The van der Waals surface area contributed by atoms with Gasteiger partial charge in [-0.2, -0.15) is 0 Å². The Morgan fingerprint density at radius 2 is 1.53 bits per heavy atom. The topological polar surface area (TPSA) is 49.9 Å². The number of ether oxygens (including phenoxy) is 1. The van der Waals surface area contributed by atoms with Crippen LogP contribution >= 0.6 is 0 Å². The summed E-state index contributed by atoms with van der Waals surface area (Å²) in [4.78, 5) is 30.8. The van der Waals surface area contributed by atoms with Crippen molar-refractivity contribution in [3.63, 3.8) is 0 Å². The van der Waals surface area contributed by atoms with Gasteiger partial charge in [0.15, 0.2) is 11.6 Å². The summed E-state index contributed by atoms with van der Waals surface area (Å²) >= 11 is 0. The van der Waals surface area contributed by atoms with Crippen LogP contribution in [0.5, 0.6) is 0 Å². The number of hydrogen-bond donors (Lipinski definition) is 0. The molecule has 5 nitrogen and oxygen atoms in total. The van der Waals surface area contributed by atoms with Crippen LogP contribution in [0, 0.1) is 6.92 Å². The third kappa shape index (κ3) is 4.63. The summed E-state index contributed by atoms with van der Waals surface area (Å²) in [6, 6.07) is 15.3. The fourth-order valence-electron chi connectivity index (χ4n) is 4.06. The molecule has 2 aromatic rings. The van der Waals surface area contributed by atoms with Crippen molar-refractivity contribution in [1.29, 1.82) is 0 Å². The number of Topliss-reactive ketones (excluding diaryl/α,β-unsaturated/α-hetero) is 2. The van der Waals surface area contributed by atoms with Crippen LogP contribution in [-0.4, -0.2) is 62.4 Å². The number of hydrogen-bond acceptors (Lipinski definition) is 5. The first-order valence-corrected chi connectivity index (χ1v) is 10.6. The summed E-state index contributed by atoms with van der Waals surface area (Å²) in [7, 11) is 3.76. The van der Waals surface area contributed by atoms with Gasteiger partial charge in [-0.1, -0.05) is 36.8 Å². The van der Waals surface area contributed by atoms with Crippen molar-refractivity contribution in [3.8, 4) is 0 Å². The van der Waals surface area contributed by atoms with Crippen LogP contribution in [0.15, 0.2) is 48.5 Å². The van der Waals surface area contributed by atoms with E-state index in [4.69, 9.17) is 4.74 Å². The van der Waals surface area contributed by atoms with Crippen LogP contribution in [0.3, 0.4) is 0 Å². The van der Waals surface area contributed by atoms with E-state index >= 15 is 0 Å². The second-order valence-corrected chi connectivity index (χ2v) is 8.22. The quantitative estimate of drug-likeness (QED) is 0.618. The molecule has 1 fully saturated rings. The van der Waals surface area contributed by atoms with Gasteiger partial charge in [0.1, 0.15) is 0 Å². The van der Waals surface area contributed by atoms with Gasteiger partial charge in [0.05, 0.1) is 18.8 Å². The van der Waals surface area contributed by atoms with Gasteiger partial charge in [-0.05, 0) is 51.7 Å². The van der Waals surface area contributed by atoms with Crippen molar-refractivity contribution >= 4 is 17.3 Å². The van der Waals surface area contributed by atoms with Gasteiger partial charge in [-0.15, -0.1) is 0 Å². The fourth-order valence-corrected chi connectivity index (χ4v) is 4.06. The Labute approximate surface area is 179 Å². The molecular weight excluding hydrogens is 376 g/mol. The highest BCUT2D eigenvalue weighted by Gasteiger charge is 2.41. The molecule has 160 valence electrons. The lowest BCUT2D eigenvalue weighted by Crippen LogP contribution is -2.52. The van der Waals surface area contributed by atoms with E-state index in [0.29, 0.717) is 17.5 Å². The van der Waals surface area contributed by atoms with Crippen molar-refractivity contribution in [3.05, 3.63) is 65.2 Å². The van der Waals surface area contributed by atoms with E-state index in [1.807, 2.05) is 81.4 Å². The lowest BCUT2D eigenvalue weighted by atomic mass is 9.80. The average Bonchev–Trinajstić information content (AvgIpc) is 2.78. The number of nitrogens with zero attached hydrogens (tertiary/aromatic N) is 2. The first-order chi connectivity index (χ1) is 14.4. The first kappa shape index (κ1) is 22.2. The molecule has 0 amide bonds. The van der Waals surface area contributed by atoms with Crippen LogP contribution in [0.1, 0.15) is 46.0 Å². The maximum atomic E-state index is 13.6. The third-order valence-corrected chi connectivity index (χ3v) is 6.20. The molecule has 1 aliphatic rings. The van der Waals surface area contributed by atoms with E-state index < -0.39 is 5.54 Å². The molecule has 0 saturated carbocycles. The molecule has 0 aliphatic carbocycles. The maximum Gasteiger partial charge on any atom is 0.183 e. The summed E-state index contributed by atoms with van der Waals surface area (Å²) in [5.74, 6) is -0.0205. The standard InChI is InChI=1S/C25H32N2O3/c1-5-25(26(3)4,18-23(28)20-8-6-19(2)7-9-20)24(29)21-10-12-22(13-11-21)27-14-16-30-17-15-27/h6-13H,5,14-18H2,1-4H3. The molecule has 3 rings (SSSR count). The number of likely N-dealkylation sites (N-methyl/N-ethyl adjacent to an activating group) is 1. The molecule has 1 saturated heterocycles. The molecule has 0 spiro atoms. The summed E-state index contributed by atoms with van der Waals surface area (Å²) in [6.07, 6.45) is 0.714. The molecular formula is C25H32N2O3. The summed E-state index contributed by atoms with van der Waals surface area (Å²) in [5, 5.41) is 0. The van der Waals surface area contributed by atoms with Crippen LogP contribution in [0.2, 0.25) is 0 Å². The zero-order chi connectivity index (χ0) is 21.7. The van der Waals surface area contributed by atoms with Crippen molar-refractivity contribution in [2.24, 2.45) is 0 Å². The Morgan fingerprint density at radius 3 is 2.07 bits per heavy atom. The van der Waals surface area contributed by atoms with E-state index in [1.165, 1.54) is 0 Å². The van der Waals surface area contributed by atoms with Gasteiger partial charge in [0, 0.05) is 36.3 Å². The maximum absolute atomic E-state index is 13.6. The van der Waals surface area contributed by atoms with E-state index in [2.05, 4.69) is 4.90 Å². The molecule has 1 aliphatic heterocycles. The lowest BCUT2D eigenvalue weighted by molar-refractivity contribution is 0.0597. The summed E-state index contributed by atoms with van der Waals surface area (Å²) < 4.78 is 5.42. The minimum atomic E-state index is -0.873. The van der Waals surface area contributed by atoms with Gasteiger partial charge in [0.2, 0.25) is 0 Å². The zero-order valence-electron chi connectivity index (χ0n) is 18.5. The van der Waals surface area contributed by atoms with Gasteiger partial charge >= 0.3 is 0 Å². The predicted molar refractivity (Wildman–Crippen MR) is 121 cm³/mol. The minimum Gasteiger partial charge on any atom is -0.378 e. The molecule has 1 heterocycles. The SMILES string of the molecule is CCC(CC(=O)c1ccc(C)cc1)(C(=O)c1ccc(N2CCOCC2)cc1)N(C)C. The predicted octanol–water partition coefficient (Wildman–Crippen LogP) is 4.00. The van der Waals surface area contributed by atoms with Crippen LogP contribution in [0.4, 0.5) is 5.69 Å². The van der Waals surface area contributed by atoms with Crippen molar-refractivity contribution < 1.29 is 14.3 Å². The second-order valence-electron chi connectivity index (χ2n) is 8.22. The van der Waals surface area contributed by atoms with E-state index in [9.17, 15) is 9.59 Å². The number of morpholine rings is 1. The number of anilines is 1. The Hall–Kier alpha value is -2.50. The van der Waals surface area contributed by atoms with Gasteiger partial charge in [-0.3, -0.25) is 14.5 Å². The van der Waals surface area contributed by atoms with E-state index in [-0.39, 0.29) is 18.0 Å². The number of ketones is 2. The van der Waals surface area contributed by atoms with Crippen molar-refractivity contribution in [2.75, 3.05) is 45.3 Å². The monoisotopic (exact) mass is 408 g/mol. The molecule has 5 heteroatoms. The number of benzene rings is 2. The van der Waals surface area contributed by atoms with Gasteiger partial charge < -0.3 is 9.64 Å². The highest BCUT2D eigenvalue weighted by molar-refractivity contribution is 6.08. The highest BCUT2D eigenvalue weighted by atomic mass is 16.5. The van der Waals surface area contributed by atoms with E-state index in [0.717, 1.165) is 37.6 Å². The number of carbonyl (C=O) groups is 2. The first-order valence-electron chi connectivity index (χ1n) is 10.6. The summed E-state index contributed by atoms with van der Waals surface area (Å²) in [6.45, 7) is 7.13. The smallest absolute Gasteiger partial charge is 0.183 e. The molecule has 0 bridgehead atoms. The Balaban J connectivity index is 1.84. The molecule has 0 aromatic heterocycles. The number of aryl methyl sites for hydroxylation is 1. The Bertz CT molecular complexity index is 868. The third-order valence-electron chi connectivity index (χ3n) is 6.20. The molecule has 1 unspecified atom stereocenters. The Kier molecular flexibility index (Phi) is 7.06. The molecule has 30 heavy (non-hydrogen) atoms. The van der Waals surface area contributed by atoms with Crippen LogP contribution in [-0.2, 0) is 4.74 Å². The van der Waals surface area contributed by atoms with Crippen molar-refractivity contribution in [1.82, 2.24) is 4.90 Å². The number of carbonyl (C=O) groups excluding carboxylic acids is 2. The average molecular weight is 409 g/mol. The largest absolute Gasteiger partial charge is 0.378 e. The summed E-state index contributed by atoms with van der Waals surface area (Å²) in [5.41, 5.74) is 2.62. The van der Waals surface area contributed by atoms with Gasteiger partial charge in [0.25, 0.3) is 0 Å². The normalized spacial score (nSPS) is 16.4. The van der Waals surface area contributed by atoms with Crippen LogP contribution < -0.4 is 4.90 Å². The molecule has 1 atom stereocenters. The van der Waals surface area contributed by atoms with Gasteiger partial charge in [-0.25, -0.2) is 0 Å². The van der Waals surface area contributed by atoms with E-state index in [1.54, 1.807) is 0 Å².